The summed E-state index contributed by atoms with van der Waals surface area (Å²) in [4.78, 5) is 31.8. The molecule has 0 aliphatic carbocycles. The molecular weight excluding hydrogens is 390 g/mol. The molecule has 3 amide bonds. The lowest BCUT2D eigenvalue weighted by molar-refractivity contribution is -0.116. The van der Waals surface area contributed by atoms with Crippen molar-refractivity contribution in [1.29, 1.82) is 0 Å². The van der Waals surface area contributed by atoms with Crippen LogP contribution in [0.2, 0.25) is 0 Å². The average molecular weight is 413 g/mol. The highest BCUT2D eigenvalue weighted by atomic mass is 16.2. The van der Waals surface area contributed by atoms with Crippen molar-refractivity contribution in [2.24, 2.45) is 0 Å². The molecule has 0 saturated heterocycles. The van der Waals surface area contributed by atoms with Gasteiger partial charge in [0.2, 0.25) is 5.91 Å². The number of carbonyl (C=O) groups is 2. The van der Waals surface area contributed by atoms with E-state index in [0.717, 1.165) is 28.0 Å². The molecule has 156 valence electrons. The number of hydrogen-bond acceptors (Lipinski definition) is 3. The summed E-state index contributed by atoms with van der Waals surface area (Å²) in [6.45, 7) is 0.694. The number of H-pyrrole nitrogens is 1. The molecule has 0 aliphatic heterocycles. The Bertz CT molecular complexity index is 1140. The summed E-state index contributed by atoms with van der Waals surface area (Å²) >= 11 is 0. The number of imidazole rings is 1. The van der Waals surface area contributed by atoms with E-state index in [-0.39, 0.29) is 24.9 Å². The number of amides is 3. The van der Waals surface area contributed by atoms with Crippen molar-refractivity contribution in [3.8, 4) is 11.4 Å². The summed E-state index contributed by atoms with van der Waals surface area (Å²) in [7, 11) is 0. The number of aromatic nitrogens is 2. The fourth-order valence-electron chi connectivity index (χ4n) is 3.15. The summed E-state index contributed by atoms with van der Waals surface area (Å²) in [5, 5.41) is 8.29. The van der Waals surface area contributed by atoms with Crippen molar-refractivity contribution in [2.45, 2.75) is 13.0 Å². The van der Waals surface area contributed by atoms with E-state index in [4.69, 9.17) is 0 Å². The van der Waals surface area contributed by atoms with Gasteiger partial charge in [0.05, 0.1) is 11.0 Å². The van der Waals surface area contributed by atoms with Crippen molar-refractivity contribution >= 4 is 28.7 Å². The highest BCUT2D eigenvalue weighted by molar-refractivity contribution is 5.91. The molecule has 0 bridgehead atoms. The standard InChI is InChI=1S/C24H23N5O2/c30-22(14-15-25-24(31)26-16-17-6-2-1-3-7-17)27-19-12-10-18(11-13-19)23-28-20-8-4-5-9-21(20)29-23/h1-13H,14-16H2,(H,27,30)(H,28,29)(H2,25,26,31). The van der Waals surface area contributed by atoms with Gasteiger partial charge in [0.25, 0.3) is 0 Å². The number of para-hydroxylation sites is 2. The molecule has 4 aromatic rings. The Morgan fingerprint density at radius 3 is 2.35 bits per heavy atom. The maximum Gasteiger partial charge on any atom is 0.315 e. The quantitative estimate of drug-likeness (QED) is 0.368. The summed E-state index contributed by atoms with van der Waals surface area (Å²) < 4.78 is 0. The molecule has 0 unspecified atom stereocenters. The molecule has 4 N–H and O–H groups in total. The second-order valence-corrected chi connectivity index (χ2v) is 7.07. The van der Waals surface area contributed by atoms with Crippen LogP contribution in [-0.4, -0.2) is 28.5 Å². The Morgan fingerprint density at radius 1 is 0.839 bits per heavy atom. The minimum Gasteiger partial charge on any atom is -0.338 e. The highest BCUT2D eigenvalue weighted by Crippen LogP contribution is 2.22. The Kier molecular flexibility index (Phi) is 6.23. The molecule has 0 atom stereocenters. The summed E-state index contributed by atoms with van der Waals surface area (Å²) in [6, 6.07) is 24.7. The molecule has 31 heavy (non-hydrogen) atoms. The monoisotopic (exact) mass is 413 g/mol. The van der Waals surface area contributed by atoms with Crippen molar-refractivity contribution in [2.75, 3.05) is 11.9 Å². The van der Waals surface area contributed by atoms with Gasteiger partial charge in [-0.3, -0.25) is 4.79 Å². The number of hydrogen-bond donors (Lipinski definition) is 4. The van der Waals surface area contributed by atoms with Crippen LogP contribution < -0.4 is 16.0 Å². The predicted molar refractivity (Wildman–Crippen MR) is 121 cm³/mol. The van der Waals surface area contributed by atoms with Gasteiger partial charge in [0.1, 0.15) is 5.82 Å². The predicted octanol–water partition coefficient (Wildman–Crippen LogP) is 4.06. The van der Waals surface area contributed by atoms with E-state index < -0.39 is 0 Å². The van der Waals surface area contributed by atoms with Crippen LogP contribution in [0.25, 0.3) is 22.4 Å². The summed E-state index contributed by atoms with van der Waals surface area (Å²) in [5.74, 6) is 0.615. The summed E-state index contributed by atoms with van der Waals surface area (Å²) in [5.41, 5.74) is 4.54. The zero-order valence-electron chi connectivity index (χ0n) is 16.9. The number of nitrogens with zero attached hydrogens (tertiary/aromatic N) is 1. The number of anilines is 1. The molecule has 4 rings (SSSR count). The molecule has 1 heterocycles. The average Bonchev–Trinajstić information content (AvgIpc) is 3.23. The van der Waals surface area contributed by atoms with Crippen LogP contribution in [0.1, 0.15) is 12.0 Å². The van der Waals surface area contributed by atoms with Crippen LogP contribution in [0, 0.1) is 0 Å². The highest BCUT2D eigenvalue weighted by Gasteiger charge is 2.07. The minimum atomic E-state index is -0.299. The van der Waals surface area contributed by atoms with E-state index in [2.05, 4.69) is 25.9 Å². The van der Waals surface area contributed by atoms with Gasteiger partial charge < -0.3 is 20.9 Å². The van der Waals surface area contributed by atoms with Crippen LogP contribution in [-0.2, 0) is 11.3 Å². The van der Waals surface area contributed by atoms with Gasteiger partial charge in [-0.05, 0) is 42.0 Å². The number of benzene rings is 3. The molecule has 0 aliphatic rings. The molecule has 7 heteroatoms. The van der Waals surface area contributed by atoms with Crippen molar-refractivity contribution in [1.82, 2.24) is 20.6 Å². The van der Waals surface area contributed by atoms with Crippen LogP contribution in [0.4, 0.5) is 10.5 Å². The molecule has 1 aromatic heterocycles. The third-order valence-corrected chi connectivity index (χ3v) is 4.76. The Morgan fingerprint density at radius 2 is 1.58 bits per heavy atom. The Balaban J connectivity index is 1.22. The number of urea groups is 1. The normalized spacial score (nSPS) is 10.6. The lowest BCUT2D eigenvalue weighted by Crippen LogP contribution is -2.36. The molecule has 0 spiro atoms. The van der Waals surface area contributed by atoms with Crippen LogP contribution >= 0.6 is 0 Å². The first kappa shape index (κ1) is 20.2. The number of nitrogens with one attached hydrogen (secondary N) is 4. The molecule has 3 aromatic carbocycles. The van der Waals surface area contributed by atoms with Gasteiger partial charge in [-0.15, -0.1) is 0 Å². The molecule has 0 saturated carbocycles. The maximum absolute atomic E-state index is 12.1. The lowest BCUT2D eigenvalue weighted by atomic mass is 10.2. The number of aromatic amines is 1. The number of carbonyl (C=O) groups excluding carboxylic acids is 2. The van der Waals surface area contributed by atoms with Crippen LogP contribution in [0.5, 0.6) is 0 Å². The fraction of sp³-hybridized carbons (Fsp3) is 0.125. The first-order chi connectivity index (χ1) is 15.2. The second kappa shape index (κ2) is 9.58. The van der Waals surface area contributed by atoms with E-state index in [1.165, 1.54) is 0 Å². The third kappa shape index (κ3) is 5.48. The van der Waals surface area contributed by atoms with Crippen LogP contribution in [0.3, 0.4) is 0 Å². The Labute approximate surface area is 179 Å². The topological polar surface area (TPSA) is 98.9 Å². The van der Waals surface area contributed by atoms with Gasteiger partial charge in [0, 0.05) is 30.8 Å². The number of fused-ring (bicyclic) bond motifs is 1. The molecule has 0 fully saturated rings. The molecule has 0 radical (unpaired) electrons. The summed E-state index contributed by atoms with van der Waals surface area (Å²) in [6.07, 6.45) is 0.185. The van der Waals surface area contributed by atoms with Gasteiger partial charge in [-0.2, -0.15) is 0 Å². The van der Waals surface area contributed by atoms with E-state index in [0.29, 0.717) is 12.2 Å². The zero-order valence-corrected chi connectivity index (χ0v) is 16.9. The van der Waals surface area contributed by atoms with E-state index in [1.54, 1.807) is 0 Å². The smallest absolute Gasteiger partial charge is 0.315 e. The first-order valence-corrected chi connectivity index (χ1v) is 10.1. The third-order valence-electron chi connectivity index (χ3n) is 4.76. The second-order valence-electron chi connectivity index (χ2n) is 7.07. The minimum absolute atomic E-state index is 0.167. The SMILES string of the molecule is O=C(CCNC(=O)NCc1ccccc1)Nc1ccc(-c2nc3ccccc3[nH]2)cc1. The maximum atomic E-state index is 12.1. The lowest BCUT2D eigenvalue weighted by Gasteiger charge is -2.08. The molecular formula is C24H23N5O2. The van der Waals surface area contributed by atoms with Gasteiger partial charge in [-0.25, -0.2) is 9.78 Å². The number of rotatable bonds is 7. The molecule has 7 nitrogen and oxygen atoms in total. The van der Waals surface area contributed by atoms with Crippen LogP contribution in [0.15, 0.2) is 78.9 Å². The van der Waals surface area contributed by atoms with Crippen molar-refractivity contribution in [3.63, 3.8) is 0 Å². The van der Waals surface area contributed by atoms with Gasteiger partial charge in [-0.1, -0.05) is 42.5 Å². The first-order valence-electron chi connectivity index (χ1n) is 10.1. The van der Waals surface area contributed by atoms with E-state index in [1.807, 2.05) is 78.9 Å². The fourth-order valence-corrected chi connectivity index (χ4v) is 3.15. The van der Waals surface area contributed by atoms with Crippen molar-refractivity contribution in [3.05, 3.63) is 84.4 Å². The van der Waals surface area contributed by atoms with Crippen molar-refractivity contribution < 1.29 is 9.59 Å². The van der Waals surface area contributed by atoms with E-state index >= 15 is 0 Å². The van der Waals surface area contributed by atoms with E-state index in [9.17, 15) is 9.59 Å². The Hall–Kier alpha value is -4.13. The van der Waals surface area contributed by atoms with Gasteiger partial charge >= 0.3 is 6.03 Å². The largest absolute Gasteiger partial charge is 0.338 e. The van der Waals surface area contributed by atoms with Gasteiger partial charge in [0.15, 0.2) is 0 Å². The zero-order chi connectivity index (χ0) is 21.5.